The zero-order valence-corrected chi connectivity index (χ0v) is 12.2. The average Bonchev–Trinajstić information content (AvgIpc) is 2.53. The molecule has 0 saturated heterocycles. The van der Waals surface area contributed by atoms with Crippen molar-refractivity contribution in [2.45, 2.75) is 0 Å². The van der Waals surface area contributed by atoms with Gasteiger partial charge in [-0.1, -0.05) is 6.07 Å². The summed E-state index contributed by atoms with van der Waals surface area (Å²) in [6.07, 6.45) is 0. The molecule has 0 atom stereocenters. The van der Waals surface area contributed by atoms with Gasteiger partial charge in [0.05, 0.1) is 33.0 Å². The van der Waals surface area contributed by atoms with Crippen molar-refractivity contribution < 1.29 is 23.7 Å². The van der Waals surface area contributed by atoms with Crippen molar-refractivity contribution in [3.63, 3.8) is 0 Å². The predicted molar refractivity (Wildman–Crippen MR) is 77.1 cm³/mol. The number of hydrogen-bond acceptors (Lipinski definition) is 6. The molecule has 0 aliphatic heterocycles. The van der Waals surface area contributed by atoms with Crippen LogP contribution in [0.15, 0.2) is 24.3 Å². The van der Waals surface area contributed by atoms with Crippen LogP contribution in [0.25, 0.3) is 0 Å². The molecule has 0 radical (unpaired) electrons. The predicted octanol–water partition coefficient (Wildman–Crippen LogP) is 0.349. The van der Waals surface area contributed by atoms with Crippen LogP contribution >= 0.6 is 0 Å². The molecule has 118 valence electrons. The fraction of sp³-hybridized carbons (Fsp3) is 0.500. The Morgan fingerprint density at radius 1 is 1.10 bits per heavy atom. The van der Waals surface area contributed by atoms with Crippen molar-refractivity contribution in [1.82, 2.24) is 5.43 Å². The molecule has 1 aromatic rings. The SMILES string of the molecule is COCCOCCOCCOc1cccc(C(=O)NN)c1. The van der Waals surface area contributed by atoms with E-state index in [-0.39, 0.29) is 5.91 Å². The van der Waals surface area contributed by atoms with E-state index in [0.29, 0.717) is 51.0 Å². The van der Waals surface area contributed by atoms with Crippen molar-refractivity contribution in [2.75, 3.05) is 46.8 Å². The van der Waals surface area contributed by atoms with E-state index in [2.05, 4.69) is 5.43 Å². The molecule has 1 rings (SSSR count). The van der Waals surface area contributed by atoms with Crippen molar-refractivity contribution in [3.8, 4) is 5.75 Å². The van der Waals surface area contributed by atoms with Crippen LogP contribution in [-0.2, 0) is 14.2 Å². The summed E-state index contributed by atoms with van der Waals surface area (Å²) in [6, 6.07) is 6.77. The van der Waals surface area contributed by atoms with E-state index in [1.165, 1.54) is 0 Å². The highest BCUT2D eigenvalue weighted by molar-refractivity contribution is 5.94. The summed E-state index contributed by atoms with van der Waals surface area (Å²) in [5, 5.41) is 0. The third-order valence-corrected chi connectivity index (χ3v) is 2.53. The van der Waals surface area contributed by atoms with Crippen LogP contribution in [0.2, 0.25) is 0 Å². The number of methoxy groups -OCH3 is 1. The minimum Gasteiger partial charge on any atom is -0.491 e. The van der Waals surface area contributed by atoms with Gasteiger partial charge in [0.2, 0.25) is 0 Å². The molecule has 0 bridgehead atoms. The van der Waals surface area contributed by atoms with E-state index in [1.807, 2.05) is 0 Å². The Morgan fingerprint density at radius 2 is 1.76 bits per heavy atom. The summed E-state index contributed by atoms with van der Waals surface area (Å²) in [4.78, 5) is 11.3. The zero-order chi connectivity index (χ0) is 15.3. The molecule has 0 unspecified atom stereocenters. The Morgan fingerprint density at radius 3 is 2.43 bits per heavy atom. The van der Waals surface area contributed by atoms with Crippen molar-refractivity contribution in [3.05, 3.63) is 29.8 Å². The lowest BCUT2D eigenvalue weighted by Crippen LogP contribution is -2.29. The lowest BCUT2D eigenvalue weighted by Gasteiger charge is -2.08. The van der Waals surface area contributed by atoms with E-state index in [1.54, 1.807) is 31.4 Å². The number of benzene rings is 1. The van der Waals surface area contributed by atoms with Crippen LogP contribution in [0.5, 0.6) is 5.75 Å². The molecule has 7 nitrogen and oxygen atoms in total. The average molecular weight is 298 g/mol. The van der Waals surface area contributed by atoms with E-state index in [4.69, 9.17) is 24.8 Å². The van der Waals surface area contributed by atoms with Crippen LogP contribution in [-0.4, -0.2) is 52.7 Å². The van der Waals surface area contributed by atoms with Gasteiger partial charge in [-0.05, 0) is 18.2 Å². The first-order valence-electron chi connectivity index (χ1n) is 6.66. The van der Waals surface area contributed by atoms with Gasteiger partial charge in [-0.15, -0.1) is 0 Å². The molecule has 1 aromatic carbocycles. The first kappa shape index (κ1) is 17.4. The first-order chi connectivity index (χ1) is 10.3. The van der Waals surface area contributed by atoms with Crippen LogP contribution in [0, 0.1) is 0 Å². The number of rotatable bonds is 11. The van der Waals surface area contributed by atoms with Crippen LogP contribution in [0.1, 0.15) is 10.4 Å². The van der Waals surface area contributed by atoms with Gasteiger partial charge >= 0.3 is 0 Å². The van der Waals surface area contributed by atoms with Crippen molar-refractivity contribution >= 4 is 5.91 Å². The number of nitrogens with one attached hydrogen (secondary N) is 1. The number of amides is 1. The number of nitrogens with two attached hydrogens (primary N) is 1. The smallest absolute Gasteiger partial charge is 0.265 e. The Labute approximate surface area is 124 Å². The van der Waals surface area contributed by atoms with Gasteiger partial charge in [-0.3, -0.25) is 10.2 Å². The van der Waals surface area contributed by atoms with E-state index in [9.17, 15) is 4.79 Å². The molecule has 1 amide bonds. The van der Waals surface area contributed by atoms with Crippen molar-refractivity contribution in [2.24, 2.45) is 5.84 Å². The maximum absolute atomic E-state index is 11.3. The highest BCUT2D eigenvalue weighted by atomic mass is 16.6. The lowest BCUT2D eigenvalue weighted by atomic mass is 10.2. The molecular formula is C14H22N2O5. The summed E-state index contributed by atoms with van der Waals surface area (Å²) < 4.78 is 20.9. The summed E-state index contributed by atoms with van der Waals surface area (Å²) in [7, 11) is 1.63. The molecule has 0 aromatic heterocycles. The topological polar surface area (TPSA) is 92.0 Å². The van der Waals surface area contributed by atoms with Crippen molar-refractivity contribution in [1.29, 1.82) is 0 Å². The Hall–Kier alpha value is -1.67. The minimum atomic E-state index is -0.357. The second-order valence-corrected chi connectivity index (χ2v) is 4.07. The lowest BCUT2D eigenvalue weighted by molar-refractivity contribution is 0.0179. The van der Waals surface area contributed by atoms with Gasteiger partial charge in [0.25, 0.3) is 5.91 Å². The van der Waals surface area contributed by atoms with Crippen LogP contribution in [0.3, 0.4) is 0 Å². The molecule has 0 heterocycles. The fourth-order valence-electron chi connectivity index (χ4n) is 1.49. The number of nitrogen functional groups attached to an aromatic ring is 1. The molecule has 0 fully saturated rings. The third-order valence-electron chi connectivity index (χ3n) is 2.53. The zero-order valence-electron chi connectivity index (χ0n) is 12.2. The van der Waals surface area contributed by atoms with Gasteiger partial charge in [0, 0.05) is 12.7 Å². The van der Waals surface area contributed by atoms with Gasteiger partial charge in [-0.2, -0.15) is 0 Å². The minimum absolute atomic E-state index is 0.357. The molecule has 21 heavy (non-hydrogen) atoms. The molecule has 0 spiro atoms. The van der Waals surface area contributed by atoms with E-state index in [0.717, 1.165) is 0 Å². The second-order valence-electron chi connectivity index (χ2n) is 4.07. The molecule has 3 N–H and O–H groups in total. The van der Waals surface area contributed by atoms with Gasteiger partial charge in [-0.25, -0.2) is 5.84 Å². The van der Waals surface area contributed by atoms with Gasteiger partial charge in [0.15, 0.2) is 0 Å². The van der Waals surface area contributed by atoms with E-state index >= 15 is 0 Å². The first-order valence-corrected chi connectivity index (χ1v) is 6.66. The highest BCUT2D eigenvalue weighted by Gasteiger charge is 2.04. The maximum atomic E-state index is 11.3. The van der Waals surface area contributed by atoms with Gasteiger partial charge in [0.1, 0.15) is 12.4 Å². The number of carbonyl (C=O) groups is 1. The number of hydrogen-bond donors (Lipinski definition) is 2. The highest BCUT2D eigenvalue weighted by Crippen LogP contribution is 2.12. The normalized spacial score (nSPS) is 10.4. The third kappa shape index (κ3) is 7.62. The summed E-state index contributed by atoms with van der Waals surface area (Å²) in [6.45, 7) is 3.01. The summed E-state index contributed by atoms with van der Waals surface area (Å²) in [5.74, 6) is 5.31. The number of ether oxygens (including phenoxy) is 4. The Balaban J connectivity index is 2.11. The fourth-order valence-corrected chi connectivity index (χ4v) is 1.49. The number of carbonyl (C=O) groups excluding carboxylic acids is 1. The number of hydrazine groups is 1. The quantitative estimate of drug-likeness (QED) is 0.265. The monoisotopic (exact) mass is 298 g/mol. The Kier molecular flexibility index (Phi) is 9.14. The summed E-state index contributed by atoms with van der Waals surface area (Å²) in [5.41, 5.74) is 2.52. The molecule has 0 aliphatic rings. The van der Waals surface area contributed by atoms with Crippen LogP contribution < -0.4 is 16.0 Å². The largest absolute Gasteiger partial charge is 0.491 e. The van der Waals surface area contributed by atoms with Crippen LogP contribution in [0.4, 0.5) is 0 Å². The van der Waals surface area contributed by atoms with Gasteiger partial charge < -0.3 is 18.9 Å². The Bertz CT molecular complexity index is 414. The molecule has 0 saturated carbocycles. The molecular weight excluding hydrogens is 276 g/mol. The summed E-state index contributed by atoms with van der Waals surface area (Å²) >= 11 is 0. The van der Waals surface area contributed by atoms with E-state index < -0.39 is 0 Å². The molecule has 0 aliphatic carbocycles. The standard InChI is InChI=1S/C14H22N2O5/c1-18-5-6-19-7-8-20-9-10-21-13-4-2-3-12(11-13)14(17)16-15/h2-4,11H,5-10,15H2,1H3,(H,16,17). The second kappa shape index (κ2) is 11.0. The molecule has 7 heteroatoms. The maximum Gasteiger partial charge on any atom is 0.265 e.